The molecule has 7 nitrogen and oxygen atoms in total. The largest absolute Gasteiger partial charge is 0.548 e. The first-order chi connectivity index (χ1) is 9.10. The van der Waals surface area contributed by atoms with Crippen molar-refractivity contribution < 1.29 is 29.1 Å². The first-order valence-corrected chi connectivity index (χ1v) is 6.68. The minimum Gasteiger partial charge on any atom is -0.548 e. The fraction of sp³-hybridized carbons (Fsp3) is 0.833. The maximum Gasteiger partial charge on any atom is 0.225 e. The van der Waals surface area contributed by atoms with Crippen LogP contribution in [-0.2, 0) is 19.1 Å². The summed E-state index contributed by atoms with van der Waals surface area (Å²) in [5.41, 5.74) is 0. The molecule has 0 unspecified atom stereocenters. The van der Waals surface area contributed by atoms with Gasteiger partial charge in [-0.3, -0.25) is 4.79 Å². The maximum atomic E-state index is 11.4. The molecule has 2 aliphatic rings. The second-order valence-corrected chi connectivity index (χ2v) is 5.01. The van der Waals surface area contributed by atoms with Gasteiger partial charge in [0, 0.05) is 0 Å². The van der Waals surface area contributed by atoms with E-state index in [0.29, 0.717) is 26.2 Å². The summed E-state index contributed by atoms with van der Waals surface area (Å²) >= 11 is 0. The lowest BCUT2D eigenvalue weighted by Crippen LogP contribution is -3.13. The van der Waals surface area contributed by atoms with E-state index >= 15 is 0 Å². The Morgan fingerprint density at radius 1 is 1.21 bits per heavy atom. The number of likely N-dealkylation sites (tertiary alicyclic amines) is 1. The van der Waals surface area contributed by atoms with Crippen LogP contribution in [0.4, 0.5) is 0 Å². The Balaban J connectivity index is 1.63. The predicted octanol–water partition coefficient (Wildman–Crippen LogP) is -3.34. The summed E-state index contributed by atoms with van der Waals surface area (Å²) < 4.78 is 11.3. The molecule has 0 saturated carbocycles. The van der Waals surface area contributed by atoms with Gasteiger partial charge >= 0.3 is 0 Å². The number of aliphatic carboxylic acids is 1. The van der Waals surface area contributed by atoms with Crippen LogP contribution in [-0.4, -0.2) is 57.1 Å². The summed E-state index contributed by atoms with van der Waals surface area (Å²) in [6.07, 6.45) is 2.03. The van der Waals surface area contributed by atoms with Gasteiger partial charge in [-0.15, -0.1) is 0 Å². The maximum absolute atomic E-state index is 11.4. The molecule has 1 amide bonds. The normalized spacial score (nSPS) is 22.5. The highest BCUT2D eigenvalue weighted by Crippen LogP contribution is 2.27. The average Bonchev–Trinajstić information content (AvgIpc) is 2.84. The summed E-state index contributed by atoms with van der Waals surface area (Å²) in [5, 5.41) is 12.5. The van der Waals surface area contributed by atoms with Crippen LogP contribution in [0.25, 0.3) is 0 Å². The Hall–Kier alpha value is -1.18. The van der Waals surface area contributed by atoms with Gasteiger partial charge in [-0.25, -0.2) is 0 Å². The zero-order chi connectivity index (χ0) is 13.7. The van der Waals surface area contributed by atoms with Crippen molar-refractivity contribution >= 4 is 11.9 Å². The number of hydrogen-bond donors (Lipinski definition) is 2. The summed E-state index contributed by atoms with van der Waals surface area (Å²) in [6.45, 7) is 3.44. The van der Waals surface area contributed by atoms with Crippen LogP contribution in [0.2, 0.25) is 0 Å². The van der Waals surface area contributed by atoms with E-state index in [1.54, 1.807) is 0 Å². The fourth-order valence-electron chi connectivity index (χ4n) is 2.57. The van der Waals surface area contributed by atoms with Gasteiger partial charge in [-0.2, -0.15) is 0 Å². The number of carboxylic acids is 1. The second kappa shape index (κ2) is 6.31. The van der Waals surface area contributed by atoms with Gasteiger partial charge in [-0.1, -0.05) is 0 Å². The molecule has 0 radical (unpaired) electrons. The molecule has 2 saturated heterocycles. The molecule has 2 rings (SSSR count). The molecule has 19 heavy (non-hydrogen) atoms. The van der Waals surface area contributed by atoms with Gasteiger partial charge in [0.25, 0.3) is 0 Å². The van der Waals surface area contributed by atoms with Gasteiger partial charge in [0.05, 0.1) is 64.6 Å². The molecule has 0 aromatic heterocycles. The van der Waals surface area contributed by atoms with E-state index in [1.165, 1.54) is 4.90 Å². The standard InChI is InChI=1S/C12H20N2O5/c15-10(13-9-11(16)17)1-4-14-5-2-12(3-6-14)18-7-8-19-12/h1-9H2,(H,13,15)(H,16,17). The Morgan fingerprint density at radius 2 is 1.84 bits per heavy atom. The van der Waals surface area contributed by atoms with Crippen LogP contribution in [0.15, 0.2) is 0 Å². The zero-order valence-corrected chi connectivity index (χ0v) is 10.9. The molecular formula is C12H20N2O5. The summed E-state index contributed by atoms with van der Waals surface area (Å²) in [4.78, 5) is 22.9. The van der Waals surface area contributed by atoms with Crippen molar-refractivity contribution in [1.82, 2.24) is 5.32 Å². The van der Waals surface area contributed by atoms with Crippen molar-refractivity contribution in [2.24, 2.45) is 0 Å². The Morgan fingerprint density at radius 3 is 2.42 bits per heavy atom. The highest BCUT2D eigenvalue weighted by Gasteiger charge is 2.41. The monoisotopic (exact) mass is 272 g/mol. The van der Waals surface area contributed by atoms with Crippen molar-refractivity contribution in [1.29, 1.82) is 0 Å². The van der Waals surface area contributed by atoms with E-state index in [-0.39, 0.29) is 11.7 Å². The highest BCUT2D eigenvalue weighted by atomic mass is 16.7. The van der Waals surface area contributed by atoms with Gasteiger partial charge in [0.15, 0.2) is 5.79 Å². The third-order valence-corrected chi connectivity index (χ3v) is 3.67. The summed E-state index contributed by atoms with van der Waals surface area (Å²) in [5.74, 6) is -1.89. The van der Waals surface area contributed by atoms with Crippen LogP contribution < -0.4 is 15.3 Å². The highest BCUT2D eigenvalue weighted by molar-refractivity contribution is 5.80. The molecule has 0 aromatic rings. The van der Waals surface area contributed by atoms with E-state index in [9.17, 15) is 14.7 Å². The topological polar surface area (TPSA) is 92.1 Å². The second-order valence-electron chi connectivity index (χ2n) is 5.01. The SMILES string of the molecule is O=C([O-])CNC(=O)CC[NH+]1CCC2(CC1)OCCO2. The van der Waals surface area contributed by atoms with Crippen LogP contribution in [0.5, 0.6) is 0 Å². The Kier molecular flexibility index (Phi) is 4.73. The number of carbonyl (C=O) groups is 2. The number of ether oxygens (including phenoxy) is 2. The number of carbonyl (C=O) groups excluding carboxylic acids is 2. The van der Waals surface area contributed by atoms with E-state index in [2.05, 4.69) is 5.32 Å². The van der Waals surface area contributed by atoms with E-state index in [1.807, 2.05) is 0 Å². The lowest BCUT2D eigenvalue weighted by molar-refractivity contribution is -0.908. The molecule has 2 heterocycles. The minimum atomic E-state index is -1.27. The number of amides is 1. The third-order valence-electron chi connectivity index (χ3n) is 3.67. The molecule has 2 fully saturated rings. The van der Waals surface area contributed by atoms with Crippen molar-refractivity contribution in [3.8, 4) is 0 Å². The molecule has 7 heteroatoms. The molecule has 2 N–H and O–H groups in total. The Labute approximate surface area is 111 Å². The van der Waals surface area contributed by atoms with Crippen LogP contribution in [0.3, 0.4) is 0 Å². The molecule has 1 spiro atoms. The van der Waals surface area contributed by atoms with Gasteiger partial charge in [0.2, 0.25) is 5.91 Å². The van der Waals surface area contributed by atoms with Crippen LogP contribution >= 0.6 is 0 Å². The molecule has 0 aromatic carbocycles. The van der Waals surface area contributed by atoms with Crippen molar-refractivity contribution in [2.45, 2.75) is 25.0 Å². The quantitative estimate of drug-likeness (QED) is 0.546. The third kappa shape index (κ3) is 4.15. The fourth-order valence-corrected chi connectivity index (χ4v) is 2.57. The number of carboxylic acid groups (broad SMARTS) is 1. The molecule has 0 atom stereocenters. The van der Waals surface area contributed by atoms with Gasteiger partial charge < -0.3 is 29.6 Å². The summed E-state index contributed by atoms with van der Waals surface area (Å²) in [7, 11) is 0. The van der Waals surface area contributed by atoms with Crippen LogP contribution in [0, 0.1) is 0 Å². The molecule has 108 valence electrons. The van der Waals surface area contributed by atoms with E-state index in [0.717, 1.165) is 25.9 Å². The zero-order valence-electron chi connectivity index (χ0n) is 10.9. The molecular weight excluding hydrogens is 252 g/mol. The first kappa shape index (κ1) is 14.2. The van der Waals surface area contributed by atoms with E-state index < -0.39 is 12.5 Å². The number of nitrogens with one attached hydrogen (secondary N) is 2. The minimum absolute atomic E-state index is 0.245. The van der Waals surface area contributed by atoms with Gasteiger partial charge in [0.1, 0.15) is 0 Å². The molecule has 0 bridgehead atoms. The van der Waals surface area contributed by atoms with Crippen LogP contribution in [0.1, 0.15) is 19.3 Å². The smallest absolute Gasteiger partial charge is 0.225 e. The summed E-state index contributed by atoms with van der Waals surface area (Å²) in [6, 6.07) is 0. The van der Waals surface area contributed by atoms with Crippen molar-refractivity contribution in [3.63, 3.8) is 0 Å². The molecule has 2 aliphatic heterocycles. The van der Waals surface area contributed by atoms with Gasteiger partial charge in [-0.05, 0) is 0 Å². The average molecular weight is 272 g/mol. The molecule has 0 aliphatic carbocycles. The Bertz CT molecular complexity index is 331. The predicted molar refractivity (Wildman–Crippen MR) is 62.1 cm³/mol. The van der Waals surface area contributed by atoms with Crippen molar-refractivity contribution in [3.05, 3.63) is 0 Å². The van der Waals surface area contributed by atoms with Crippen molar-refractivity contribution in [2.75, 3.05) is 39.4 Å². The lowest BCUT2D eigenvalue weighted by Gasteiger charge is -2.35. The lowest BCUT2D eigenvalue weighted by atomic mass is 10.0. The number of rotatable bonds is 5. The number of hydrogen-bond acceptors (Lipinski definition) is 5. The first-order valence-electron chi connectivity index (χ1n) is 6.68. The van der Waals surface area contributed by atoms with E-state index in [4.69, 9.17) is 9.47 Å². The number of piperidine rings is 1. The number of quaternary nitrogens is 1.